The average Bonchev–Trinajstić information content (AvgIpc) is 1.85. The molecular weight excluding hydrogens is 169 g/mol. The summed E-state index contributed by atoms with van der Waals surface area (Å²) in [6.07, 6.45) is 2.13. The molecule has 62 valence electrons. The van der Waals surface area contributed by atoms with Crippen molar-refractivity contribution in [2.75, 3.05) is 6.54 Å². The van der Waals surface area contributed by atoms with Crippen LogP contribution in [0.4, 0.5) is 0 Å². The molecular formula is C7H16KNO2. The molecule has 1 unspecified atom stereocenters. The minimum absolute atomic E-state index is 0. The van der Waals surface area contributed by atoms with E-state index in [1.54, 1.807) is 0 Å². The Morgan fingerprint density at radius 3 is 2.55 bits per heavy atom. The van der Waals surface area contributed by atoms with Crippen molar-refractivity contribution in [3.8, 4) is 0 Å². The van der Waals surface area contributed by atoms with Crippen LogP contribution < -0.4 is 5.32 Å². The second-order valence-corrected chi connectivity index (χ2v) is 2.46. The van der Waals surface area contributed by atoms with Crippen molar-refractivity contribution in [1.82, 2.24) is 5.32 Å². The Morgan fingerprint density at radius 2 is 2.18 bits per heavy atom. The van der Waals surface area contributed by atoms with Gasteiger partial charge in [-0.25, -0.2) is 0 Å². The molecule has 0 fully saturated rings. The van der Waals surface area contributed by atoms with Crippen LogP contribution in [0.1, 0.15) is 26.7 Å². The van der Waals surface area contributed by atoms with E-state index in [0.717, 1.165) is 12.8 Å². The first kappa shape index (κ1) is 14.6. The summed E-state index contributed by atoms with van der Waals surface area (Å²) >= 11 is 0. The van der Waals surface area contributed by atoms with E-state index in [9.17, 15) is 4.79 Å². The van der Waals surface area contributed by atoms with Gasteiger partial charge >= 0.3 is 57.4 Å². The molecule has 2 N–H and O–H groups in total. The van der Waals surface area contributed by atoms with Crippen molar-refractivity contribution in [2.24, 2.45) is 0 Å². The first-order valence-corrected chi connectivity index (χ1v) is 3.62. The van der Waals surface area contributed by atoms with Crippen molar-refractivity contribution in [3.05, 3.63) is 0 Å². The zero-order valence-electron chi connectivity index (χ0n) is 6.55. The quantitative estimate of drug-likeness (QED) is 0.602. The van der Waals surface area contributed by atoms with Gasteiger partial charge in [-0.2, -0.15) is 0 Å². The van der Waals surface area contributed by atoms with Crippen LogP contribution in [0, 0.1) is 0 Å². The fraction of sp³-hybridized carbons (Fsp3) is 0.857. The first-order chi connectivity index (χ1) is 4.66. The Bertz CT molecular complexity index is 109. The van der Waals surface area contributed by atoms with Gasteiger partial charge in [0, 0.05) is 6.04 Å². The molecule has 1 atom stereocenters. The van der Waals surface area contributed by atoms with Crippen LogP contribution in [0.3, 0.4) is 0 Å². The van der Waals surface area contributed by atoms with E-state index < -0.39 is 5.97 Å². The minimum atomic E-state index is -0.789. The Balaban J connectivity index is 0. The second-order valence-electron chi connectivity index (χ2n) is 2.46. The third kappa shape index (κ3) is 11.1. The van der Waals surface area contributed by atoms with Crippen LogP contribution in [0.25, 0.3) is 0 Å². The van der Waals surface area contributed by atoms with Crippen molar-refractivity contribution in [3.63, 3.8) is 0 Å². The van der Waals surface area contributed by atoms with Gasteiger partial charge in [0.15, 0.2) is 0 Å². The van der Waals surface area contributed by atoms with Gasteiger partial charge in [-0.15, -0.1) is 0 Å². The zero-order valence-corrected chi connectivity index (χ0v) is 6.55. The Hall–Kier alpha value is 1.07. The van der Waals surface area contributed by atoms with Crippen molar-refractivity contribution >= 4 is 57.4 Å². The van der Waals surface area contributed by atoms with E-state index in [1.165, 1.54) is 0 Å². The monoisotopic (exact) mass is 185 g/mol. The molecule has 0 aliphatic carbocycles. The van der Waals surface area contributed by atoms with Crippen molar-refractivity contribution < 1.29 is 9.90 Å². The Morgan fingerprint density at radius 1 is 1.64 bits per heavy atom. The molecule has 0 radical (unpaired) electrons. The number of hydrogen-bond acceptors (Lipinski definition) is 2. The molecule has 11 heavy (non-hydrogen) atoms. The van der Waals surface area contributed by atoms with Crippen LogP contribution in [-0.4, -0.2) is 75.0 Å². The number of carboxylic acid groups (broad SMARTS) is 1. The normalized spacial score (nSPS) is 11.8. The summed E-state index contributed by atoms with van der Waals surface area (Å²) in [5.74, 6) is -0.789. The summed E-state index contributed by atoms with van der Waals surface area (Å²) in [6.45, 7) is 4.15. The van der Waals surface area contributed by atoms with Gasteiger partial charge in [-0.3, -0.25) is 4.79 Å². The number of nitrogens with one attached hydrogen (secondary N) is 1. The van der Waals surface area contributed by atoms with Gasteiger partial charge in [0.05, 0.1) is 6.54 Å². The fourth-order valence-electron chi connectivity index (χ4n) is 0.797. The molecule has 3 nitrogen and oxygen atoms in total. The molecule has 0 amide bonds. The van der Waals surface area contributed by atoms with Crippen LogP contribution >= 0.6 is 0 Å². The van der Waals surface area contributed by atoms with Gasteiger partial charge in [0.2, 0.25) is 0 Å². The Labute approximate surface area is 110 Å². The van der Waals surface area contributed by atoms with E-state index in [-0.39, 0.29) is 57.9 Å². The molecule has 0 aromatic heterocycles. The number of carbonyl (C=O) groups is 1. The van der Waals surface area contributed by atoms with Crippen molar-refractivity contribution in [2.45, 2.75) is 32.7 Å². The van der Waals surface area contributed by atoms with E-state index >= 15 is 0 Å². The molecule has 0 aromatic rings. The van der Waals surface area contributed by atoms with Crippen LogP contribution in [-0.2, 0) is 4.79 Å². The summed E-state index contributed by atoms with van der Waals surface area (Å²) in [5, 5.41) is 11.2. The van der Waals surface area contributed by atoms with Crippen LogP contribution in [0.5, 0.6) is 0 Å². The predicted molar refractivity (Wildman–Crippen MR) is 47.2 cm³/mol. The topological polar surface area (TPSA) is 49.3 Å². The average molecular weight is 185 g/mol. The first-order valence-electron chi connectivity index (χ1n) is 3.62. The Kier molecular flexibility index (Phi) is 12.1. The van der Waals surface area contributed by atoms with E-state index in [4.69, 9.17) is 5.11 Å². The van der Waals surface area contributed by atoms with Gasteiger partial charge in [-0.1, -0.05) is 13.3 Å². The van der Waals surface area contributed by atoms with Crippen LogP contribution in [0.15, 0.2) is 0 Å². The predicted octanol–water partition coefficient (Wildman–Crippen LogP) is 0.201. The maximum atomic E-state index is 10.0. The number of hydrogen-bond donors (Lipinski definition) is 2. The summed E-state index contributed by atoms with van der Waals surface area (Å²) in [6, 6.07) is 0.320. The fourth-order valence-corrected chi connectivity index (χ4v) is 0.797. The number of aliphatic carboxylic acids is 1. The third-order valence-electron chi connectivity index (χ3n) is 1.32. The third-order valence-corrected chi connectivity index (χ3v) is 1.32. The van der Waals surface area contributed by atoms with Gasteiger partial charge in [-0.05, 0) is 13.3 Å². The maximum absolute atomic E-state index is 10.0. The van der Waals surface area contributed by atoms with Crippen LogP contribution in [0.2, 0.25) is 0 Å². The van der Waals surface area contributed by atoms with Gasteiger partial charge in [0.25, 0.3) is 0 Å². The SMILES string of the molecule is CCCC(C)NCC(=O)O.[KH]. The molecule has 4 heteroatoms. The number of rotatable bonds is 5. The van der Waals surface area contributed by atoms with Gasteiger partial charge < -0.3 is 10.4 Å². The molecule has 0 spiro atoms. The molecule has 0 heterocycles. The number of carboxylic acids is 1. The molecule has 0 saturated carbocycles. The summed E-state index contributed by atoms with van der Waals surface area (Å²) in [4.78, 5) is 10.0. The van der Waals surface area contributed by atoms with E-state index in [2.05, 4.69) is 12.2 Å². The summed E-state index contributed by atoms with van der Waals surface area (Å²) < 4.78 is 0. The molecule has 0 saturated heterocycles. The zero-order chi connectivity index (χ0) is 7.98. The molecule has 0 rings (SSSR count). The van der Waals surface area contributed by atoms with E-state index in [1.807, 2.05) is 6.92 Å². The second kappa shape index (κ2) is 9.16. The van der Waals surface area contributed by atoms with E-state index in [0.29, 0.717) is 6.04 Å². The van der Waals surface area contributed by atoms with Crippen molar-refractivity contribution in [1.29, 1.82) is 0 Å². The molecule has 0 bridgehead atoms. The molecule has 0 aromatic carbocycles. The molecule has 0 aliphatic rings. The standard InChI is InChI=1S/C7H15NO2.K.H/c1-3-4-6(2)8-5-7(9)10;;/h6,8H,3-5H2,1-2H3,(H,9,10);;. The molecule has 0 aliphatic heterocycles. The summed E-state index contributed by atoms with van der Waals surface area (Å²) in [5.41, 5.74) is 0. The summed E-state index contributed by atoms with van der Waals surface area (Å²) in [7, 11) is 0. The van der Waals surface area contributed by atoms with Gasteiger partial charge in [0.1, 0.15) is 0 Å².